The number of pyridine rings is 1. The van der Waals surface area contributed by atoms with Crippen LogP contribution in [0.3, 0.4) is 0 Å². The van der Waals surface area contributed by atoms with Gasteiger partial charge < -0.3 is 21.0 Å². The first-order chi connectivity index (χ1) is 16.4. The van der Waals surface area contributed by atoms with E-state index in [1.807, 2.05) is 37.1 Å². The number of alkyl halides is 2. The lowest BCUT2D eigenvalue weighted by Crippen LogP contribution is -2.16. The third-order valence-corrected chi connectivity index (χ3v) is 4.84. The van der Waals surface area contributed by atoms with E-state index in [0.717, 1.165) is 11.6 Å². The molecule has 0 fully saturated rings. The number of hydrogen-bond donors (Lipinski definition) is 2. The normalized spacial score (nSPS) is 11.1. The predicted octanol–water partition coefficient (Wildman–Crippen LogP) is 5.15. The number of benzene rings is 2. The molecule has 4 N–H and O–H groups in total. The molecule has 0 spiro atoms. The molecule has 184 valence electrons. The number of hydrogen-bond acceptors (Lipinski definition) is 5. The number of carbonyl (C=O) groups excluding carboxylic acids is 1. The van der Waals surface area contributed by atoms with Gasteiger partial charge in [-0.2, -0.15) is 0 Å². The summed E-state index contributed by atoms with van der Waals surface area (Å²) in [6.45, 7) is 6.00. The van der Waals surface area contributed by atoms with Gasteiger partial charge in [0.1, 0.15) is 29.9 Å². The minimum atomic E-state index is -3.09. The quantitative estimate of drug-likeness (QED) is 0.457. The van der Waals surface area contributed by atoms with E-state index in [1.54, 1.807) is 19.9 Å². The summed E-state index contributed by atoms with van der Waals surface area (Å²) >= 11 is 0. The van der Waals surface area contributed by atoms with E-state index in [9.17, 15) is 17.6 Å². The molecule has 1 unspecified atom stereocenters. The van der Waals surface area contributed by atoms with Gasteiger partial charge >= 0.3 is 0 Å². The number of carbonyl (C=O) groups is 1. The van der Waals surface area contributed by atoms with Gasteiger partial charge in [-0.1, -0.05) is 30.3 Å². The summed E-state index contributed by atoms with van der Waals surface area (Å²) in [6.07, 6.45) is -3.09. The Hall–Kier alpha value is -3.30. The van der Waals surface area contributed by atoms with Crippen molar-refractivity contribution in [1.82, 2.24) is 4.98 Å². The van der Waals surface area contributed by atoms with Crippen LogP contribution in [-0.4, -0.2) is 32.0 Å². The third-order valence-electron chi connectivity index (χ3n) is 4.84. The molecule has 9 heteroatoms. The number of rotatable bonds is 7. The Balaban J connectivity index is 0.00000137. The van der Waals surface area contributed by atoms with Gasteiger partial charge in [0, 0.05) is 24.1 Å². The smallest absolute Gasteiger partial charge is 0.266 e. The summed E-state index contributed by atoms with van der Waals surface area (Å²) in [5.41, 5.74) is 11.5. The van der Waals surface area contributed by atoms with Crippen molar-refractivity contribution >= 4 is 6.79 Å². The Bertz CT molecular complexity index is 1050. The van der Waals surface area contributed by atoms with E-state index in [-0.39, 0.29) is 36.1 Å². The van der Waals surface area contributed by atoms with Crippen molar-refractivity contribution in [1.29, 1.82) is 0 Å². The van der Waals surface area contributed by atoms with E-state index in [0.29, 0.717) is 17.3 Å². The van der Waals surface area contributed by atoms with Crippen LogP contribution in [0.15, 0.2) is 48.5 Å². The van der Waals surface area contributed by atoms with Gasteiger partial charge in [0.15, 0.2) is 0 Å². The first kappa shape index (κ1) is 28.7. The fourth-order valence-corrected chi connectivity index (χ4v) is 3.40. The van der Waals surface area contributed by atoms with Crippen molar-refractivity contribution in [3.8, 4) is 17.0 Å². The molecular weight excluding hydrogens is 450 g/mol. The number of nitrogens with two attached hydrogens (primary N) is 2. The Labute approximate surface area is 196 Å². The lowest BCUT2D eigenvalue weighted by atomic mass is 9.93. The van der Waals surface area contributed by atoms with Gasteiger partial charge in [0.2, 0.25) is 0 Å². The number of aromatic nitrogens is 1. The third kappa shape index (κ3) is 6.61. The van der Waals surface area contributed by atoms with Crippen molar-refractivity contribution in [2.75, 3.05) is 20.2 Å². The largest absolute Gasteiger partial charge is 0.491 e. The van der Waals surface area contributed by atoms with Gasteiger partial charge in [-0.3, -0.25) is 0 Å². The van der Waals surface area contributed by atoms with E-state index >= 15 is 0 Å². The highest BCUT2D eigenvalue weighted by molar-refractivity contribution is 5.70. The molecule has 1 atom stereocenters. The van der Waals surface area contributed by atoms with Crippen molar-refractivity contribution < 1.29 is 27.1 Å². The summed E-state index contributed by atoms with van der Waals surface area (Å²) in [6, 6.07) is 12.4. The van der Waals surface area contributed by atoms with Crippen molar-refractivity contribution in [2.45, 2.75) is 26.2 Å². The number of nitrogens with zero attached hydrogens (tertiary/aromatic N) is 1. The first-order valence-electron chi connectivity index (χ1n) is 10.4. The summed E-state index contributed by atoms with van der Waals surface area (Å²) < 4.78 is 60.6. The van der Waals surface area contributed by atoms with Crippen LogP contribution in [0, 0.1) is 18.6 Å². The van der Waals surface area contributed by atoms with Crippen molar-refractivity contribution in [2.24, 2.45) is 11.5 Å². The van der Waals surface area contributed by atoms with Crippen LogP contribution in [-0.2, 0) is 4.79 Å². The zero-order valence-corrected chi connectivity index (χ0v) is 19.3. The monoisotopic (exact) mass is 479 g/mol. The second kappa shape index (κ2) is 14.1. The summed E-state index contributed by atoms with van der Waals surface area (Å²) in [5, 5.41) is 0. The summed E-state index contributed by atoms with van der Waals surface area (Å²) in [5.74, 6) is -2.33. The van der Waals surface area contributed by atoms with E-state index in [1.165, 1.54) is 7.05 Å². The lowest BCUT2D eigenvalue weighted by molar-refractivity contribution is -0.0980. The fraction of sp³-hybridized carbons (Fsp3) is 0.280. The number of halogens is 4. The predicted molar refractivity (Wildman–Crippen MR) is 125 cm³/mol. The Morgan fingerprint density at radius 1 is 1.03 bits per heavy atom. The molecule has 1 aromatic heterocycles. The topological polar surface area (TPSA) is 91.2 Å². The highest BCUT2D eigenvalue weighted by Gasteiger charge is 2.24. The van der Waals surface area contributed by atoms with Gasteiger partial charge in [0.05, 0.1) is 17.9 Å². The van der Waals surface area contributed by atoms with Crippen LogP contribution < -0.4 is 16.2 Å². The lowest BCUT2D eigenvalue weighted by Gasteiger charge is -2.20. The first-order valence-corrected chi connectivity index (χ1v) is 10.4. The zero-order valence-electron chi connectivity index (χ0n) is 19.3. The standard InChI is InChI=1S/C23H22F4N2O.CH5N.CH2O/c1-3-30-22-13(2)9-20(17(12-28)14-7-5-4-6-8-14)29-21(22)15-10-16(23(26)27)19(25)11-18(15)24;2*1-2/h4-11,17,23H,3,12,28H2,1-2H3;2H2,1H3;1H2. The van der Waals surface area contributed by atoms with Crippen LogP contribution in [0.5, 0.6) is 5.75 Å². The molecule has 34 heavy (non-hydrogen) atoms. The van der Waals surface area contributed by atoms with E-state index in [2.05, 4.69) is 10.7 Å². The molecule has 0 radical (unpaired) electrons. The molecule has 0 aliphatic rings. The second-order valence-corrected chi connectivity index (χ2v) is 6.83. The van der Waals surface area contributed by atoms with Crippen LogP contribution in [0.2, 0.25) is 0 Å². The maximum Gasteiger partial charge on any atom is 0.266 e. The maximum absolute atomic E-state index is 14.7. The van der Waals surface area contributed by atoms with Crippen molar-refractivity contribution in [3.05, 3.63) is 82.5 Å². The van der Waals surface area contributed by atoms with Crippen LogP contribution >= 0.6 is 0 Å². The molecule has 0 aliphatic carbocycles. The highest BCUT2D eigenvalue weighted by Crippen LogP contribution is 2.38. The summed E-state index contributed by atoms with van der Waals surface area (Å²) in [4.78, 5) is 12.5. The molecule has 3 rings (SSSR count). The van der Waals surface area contributed by atoms with Gasteiger partial charge in [0.25, 0.3) is 6.43 Å². The molecule has 0 bridgehead atoms. The van der Waals surface area contributed by atoms with Crippen LogP contribution in [0.4, 0.5) is 17.6 Å². The second-order valence-electron chi connectivity index (χ2n) is 6.83. The Morgan fingerprint density at radius 3 is 2.18 bits per heavy atom. The van der Waals surface area contributed by atoms with E-state index < -0.39 is 23.6 Å². The van der Waals surface area contributed by atoms with Gasteiger partial charge in [-0.15, -0.1) is 0 Å². The van der Waals surface area contributed by atoms with Gasteiger partial charge in [-0.25, -0.2) is 22.5 Å². The zero-order chi connectivity index (χ0) is 25.8. The highest BCUT2D eigenvalue weighted by atomic mass is 19.3. The summed E-state index contributed by atoms with van der Waals surface area (Å²) in [7, 11) is 1.50. The molecule has 2 aromatic carbocycles. The van der Waals surface area contributed by atoms with Gasteiger partial charge in [-0.05, 0) is 44.2 Å². The molecule has 5 nitrogen and oxygen atoms in total. The molecule has 0 aliphatic heterocycles. The average molecular weight is 480 g/mol. The maximum atomic E-state index is 14.7. The van der Waals surface area contributed by atoms with Crippen LogP contribution in [0.1, 0.15) is 41.7 Å². The molecule has 0 saturated carbocycles. The SMILES string of the molecule is C=O.CCOc1c(C)cc(C(CN)c2ccccc2)nc1-c1cc(C(F)F)c(F)cc1F.CN. The van der Waals surface area contributed by atoms with Crippen molar-refractivity contribution in [3.63, 3.8) is 0 Å². The molecule has 3 aromatic rings. The molecule has 0 amide bonds. The average Bonchev–Trinajstić information content (AvgIpc) is 2.84. The fourth-order valence-electron chi connectivity index (χ4n) is 3.40. The molecule has 1 heterocycles. The minimum Gasteiger partial charge on any atom is -0.491 e. The number of ether oxygens (including phenoxy) is 1. The molecular formula is C25H29F4N3O2. The molecule has 0 saturated heterocycles. The van der Waals surface area contributed by atoms with E-state index in [4.69, 9.17) is 15.3 Å². The Kier molecular flexibility index (Phi) is 11.9. The minimum absolute atomic E-state index is 0.0423. The van der Waals surface area contributed by atoms with Crippen LogP contribution in [0.25, 0.3) is 11.3 Å². The number of aryl methyl sites for hydroxylation is 1. The Morgan fingerprint density at radius 2 is 1.65 bits per heavy atom.